The van der Waals surface area contributed by atoms with Crippen molar-refractivity contribution in [2.45, 2.75) is 60.3 Å². The maximum atomic E-state index is 10.2. The summed E-state index contributed by atoms with van der Waals surface area (Å²) >= 11 is 0. The highest BCUT2D eigenvalue weighted by molar-refractivity contribution is 5.47. The maximum absolute atomic E-state index is 10.2. The molecule has 0 aliphatic carbocycles. The molecular weight excluding hydrogens is 334 g/mol. The van der Waals surface area contributed by atoms with Crippen molar-refractivity contribution in [2.75, 3.05) is 13.2 Å². The third-order valence-corrected chi connectivity index (χ3v) is 5.31. The van der Waals surface area contributed by atoms with Gasteiger partial charge in [-0.15, -0.1) is 0 Å². The zero-order valence-corrected chi connectivity index (χ0v) is 12.2. The fourth-order valence-corrected chi connectivity index (χ4v) is 3.87. The van der Waals surface area contributed by atoms with Crippen LogP contribution in [0.4, 0.5) is 0 Å². The van der Waals surface area contributed by atoms with E-state index in [0.29, 0.717) is 0 Å². The normalized spacial score (nSPS) is 64.5. The van der Waals surface area contributed by atoms with Crippen LogP contribution >= 0.6 is 0 Å². The SMILES string of the molecule is OC[C@H]1O[C@@H](O)[C@H](O)[C@@H](O)[C@@H]1O[C@H]1O[C@@]2(CO)N3[C@@]2(O)[C@@]3(O)[C@H]1O. The first kappa shape index (κ1) is 17.0. The van der Waals surface area contributed by atoms with E-state index in [4.69, 9.17) is 14.2 Å². The highest BCUT2D eigenvalue weighted by Gasteiger charge is 3.09. The number of rotatable bonds is 4. The lowest BCUT2D eigenvalue weighted by atomic mass is 9.93. The van der Waals surface area contributed by atoms with E-state index >= 15 is 0 Å². The number of nitrogens with zero attached hydrogens (tertiary/aromatic N) is 1. The summed E-state index contributed by atoms with van der Waals surface area (Å²) in [6, 6.07) is 0. The van der Waals surface area contributed by atoms with Crippen LogP contribution < -0.4 is 0 Å². The molecule has 2 bridgehead atoms. The average Bonchev–Trinajstić information content (AvgIpc) is 3.34. The second-order valence-electron chi connectivity index (χ2n) is 6.44. The van der Waals surface area contributed by atoms with Crippen LogP contribution in [-0.2, 0) is 14.2 Å². The molecule has 24 heavy (non-hydrogen) atoms. The average molecular weight is 353 g/mol. The van der Waals surface area contributed by atoms with Gasteiger partial charge in [0.15, 0.2) is 18.7 Å². The number of aliphatic hydroxyl groups excluding tert-OH is 6. The van der Waals surface area contributed by atoms with Crippen LogP contribution in [-0.4, -0.2) is 119 Å². The number of fused-ring (bicyclic) bond motifs is 2. The van der Waals surface area contributed by atoms with Crippen LogP contribution in [0.5, 0.6) is 0 Å². The van der Waals surface area contributed by atoms with Gasteiger partial charge in [0.2, 0.25) is 17.2 Å². The van der Waals surface area contributed by atoms with Crippen molar-refractivity contribution < 1.29 is 55.1 Å². The molecule has 0 amide bonds. The fraction of sp³-hybridized carbons (Fsp3) is 1.00. The molecule has 11 atom stereocenters. The molecule has 5 rings (SSSR count). The minimum atomic E-state index is -2.06. The molecule has 0 saturated carbocycles. The molecule has 5 fully saturated rings. The summed E-state index contributed by atoms with van der Waals surface area (Å²) in [4.78, 5) is 0.966. The summed E-state index contributed by atoms with van der Waals surface area (Å²) in [6.07, 6.45) is -11.2. The summed E-state index contributed by atoms with van der Waals surface area (Å²) in [5, 5.41) is 78.2. The number of aliphatic hydroxyl groups is 8. The summed E-state index contributed by atoms with van der Waals surface area (Å²) < 4.78 is 15.6. The van der Waals surface area contributed by atoms with Crippen LogP contribution in [0.2, 0.25) is 0 Å². The molecule has 8 N–H and O–H groups in total. The van der Waals surface area contributed by atoms with Gasteiger partial charge in [-0.1, -0.05) is 0 Å². The molecule has 0 aromatic heterocycles. The van der Waals surface area contributed by atoms with Crippen molar-refractivity contribution in [1.82, 2.24) is 4.90 Å². The van der Waals surface area contributed by atoms with Crippen molar-refractivity contribution in [2.24, 2.45) is 0 Å². The van der Waals surface area contributed by atoms with E-state index in [0.717, 1.165) is 4.90 Å². The number of hydrogen-bond acceptors (Lipinski definition) is 12. The molecule has 5 heterocycles. The smallest absolute Gasteiger partial charge is 0.216 e. The first-order chi connectivity index (χ1) is 11.2. The van der Waals surface area contributed by atoms with Gasteiger partial charge in [-0.05, 0) is 0 Å². The van der Waals surface area contributed by atoms with Gasteiger partial charge in [0.25, 0.3) is 0 Å². The molecule has 0 spiro atoms. The maximum Gasteiger partial charge on any atom is 0.216 e. The Morgan fingerprint density at radius 1 is 1.04 bits per heavy atom. The monoisotopic (exact) mass is 353 g/mol. The zero-order chi connectivity index (χ0) is 17.7. The van der Waals surface area contributed by atoms with Crippen LogP contribution in [0.3, 0.4) is 0 Å². The Morgan fingerprint density at radius 2 is 1.67 bits per heavy atom. The molecule has 5 aliphatic rings. The lowest BCUT2D eigenvalue weighted by Crippen LogP contribution is -2.70. The fourth-order valence-electron chi connectivity index (χ4n) is 3.87. The first-order valence-electron chi connectivity index (χ1n) is 7.38. The Balaban J connectivity index is 1.53. The van der Waals surface area contributed by atoms with E-state index in [1.165, 1.54) is 0 Å². The molecule has 12 heteroatoms. The van der Waals surface area contributed by atoms with Crippen LogP contribution in [0.15, 0.2) is 0 Å². The molecule has 138 valence electrons. The standard InChI is InChI=1S/C12H19NO11/c14-1-3-6(4(16)5(17)8(19)22-3)23-9-7(18)11(20)12(21)10(2-15,24-9)13(11)12/h3-9,14-21H,1-2H2/t3-,4-,5-,6-,7+,8-,9+,10-,11+,12+,13?/m1/s1. The third kappa shape index (κ3) is 1.59. The highest BCUT2D eigenvalue weighted by atomic mass is 16.8. The summed E-state index contributed by atoms with van der Waals surface area (Å²) in [5.41, 5.74) is -5.60. The molecule has 12 nitrogen and oxygen atoms in total. The van der Waals surface area contributed by atoms with Gasteiger partial charge in [-0.2, -0.15) is 4.90 Å². The van der Waals surface area contributed by atoms with Crippen LogP contribution in [0.25, 0.3) is 0 Å². The quantitative estimate of drug-likeness (QED) is 0.223. The topological polar surface area (TPSA) is 193 Å². The predicted molar refractivity (Wildman–Crippen MR) is 67.3 cm³/mol. The molecule has 0 aromatic rings. The van der Waals surface area contributed by atoms with E-state index in [9.17, 15) is 40.9 Å². The van der Waals surface area contributed by atoms with Crippen LogP contribution in [0.1, 0.15) is 0 Å². The van der Waals surface area contributed by atoms with E-state index in [-0.39, 0.29) is 0 Å². The Morgan fingerprint density at radius 3 is 2.21 bits per heavy atom. The molecule has 5 aliphatic heterocycles. The van der Waals surface area contributed by atoms with Gasteiger partial charge in [-0.3, -0.25) is 0 Å². The summed E-state index contributed by atoms with van der Waals surface area (Å²) in [7, 11) is 0. The van der Waals surface area contributed by atoms with Gasteiger partial charge in [0.05, 0.1) is 13.2 Å². The zero-order valence-electron chi connectivity index (χ0n) is 12.2. The van der Waals surface area contributed by atoms with Crippen molar-refractivity contribution in [3.8, 4) is 0 Å². The molecule has 0 aromatic carbocycles. The van der Waals surface area contributed by atoms with Gasteiger partial charge < -0.3 is 55.1 Å². The number of hydrogen-bond donors (Lipinski definition) is 8. The van der Waals surface area contributed by atoms with Gasteiger partial charge >= 0.3 is 0 Å². The summed E-state index contributed by atoms with van der Waals surface area (Å²) in [6.45, 7) is -1.37. The first-order valence-corrected chi connectivity index (χ1v) is 7.38. The van der Waals surface area contributed by atoms with E-state index < -0.39 is 73.5 Å². The second kappa shape index (κ2) is 4.82. The third-order valence-electron chi connectivity index (χ3n) is 5.31. The largest absolute Gasteiger partial charge is 0.394 e. The summed E-state index contributed by atoms with van der Waals surface area (Å²) in [5.74, 6) is 0. The minimum Gasteiger partial charge on any atom is -0.394 e. The number of ether oxygens (including phenoxy) is 3. The second-order valence-corrected chi connectivity index (χ2v) is 6.44. The Bertz CT molecular complexity index is 541. The highest BCUT2D eigenvalue weighted by Crippen LogP contribution is 2.79. The minimum absolute atomic E-state index is 0.681. The molecule has 5 saturated heterocycles. The predicted octanol–water partition coefficient (Wildman–Crippen LogP) is -6.08. The van der Waals surface area contributed by atoms with Crippen molar-refractivity contribution in [3.05, 3.63) is 0 Å². The van der Waals surface area contributed by atoms with Gasteiger partial charge in [-0.25, -0.2) is 0 Å². The van der Waals surface area contributed by atoms with E-state index in [2.05, 4.69) is 0 Å². The van der Waals surface area contributed by atoms with Gasteiger partial charge in [0, 0.05) is 0 Å². The van der Waals surface area contributed by atoms with E-state index in [1.54, 1.807) is 0 Å². The van der Waals surface area contributed by atoms with E-state index in [1.807, 2.05) is 0 Å². The Kier molecular flexibility index (Phi) is 3.41. The lowest BCUT2D eigenvalue weighted by molar-refractivity contribution is -0.388. The Hall–Kier alpha value is -0.480. The molecular formula is C12H19NO11. The molecule has 0 radical (unpaired) electrons. The van der Waals surface area contributed by atoms with Crippen molar-refractivity contribution in [1.29, 1.82) is 0 Å². The van der Waals surface area contributed by atoms with Crippen molar-refractivity contribution >= 4 is 0 Å². The molecule has 1 unspecified atom stereocenters. The lowest BCUT2D eigenvalue weighted by Gasteiger charge is -2.47. The van der Waals surface area contributed by atoms with Crippen molar-refractivity contribution in [3.63, 3.8) is 0 Å². The van der Waals surface area contributed by atoms with Gasteiger partial charge in [0.1, 0.15) is 24.4 Å². The Labute approximate surface area is 134 Å². The van der Waals surface area contributed by atoms with Crippen LogP contribution in [0, 0.1) is 0 Å².